The van der Waals surface area contributed by atoms with Crippen LogP contribution in [0.25, 0.3) is 10.9 Å². The van der Waals surface area contributed by atoms with Crippen molar-refractivity contribution in [2.45, 2.75) is 13.8 Å². The Kier molecular flexibility index (Phi) is 1.50. The molecule has 60 valence electrons. The van der Waals surface area contributed by atoms with Crippen molar-refractivity contribution in [3.63, 3.8) is 0 Å². The summed E-state index contributed by atoms with van der Waals surface area (Å²) in [5, 5.41) is 1.37. The van der Waals surface area contributed by atoms with Gasteiger partial charge in [0.15, 0.2) is 0 Å². The number of fused-ring (bicyclic) bond motifs is 1. The summed E-state index contributed by atoms with van der Waals surface area (Å²) in [6.45, 7) is 4.34. The average molecular weight is 157 g/mol. The van der Waals surface area contributed by atoms with Crippen molar-refractivity contribution in [1.82, 2.24) is 4.48 Å². The average Bonchev–Trinajstić information content (AvgIpc) is 2.33. The number of para-hydroxylation sites is 1. The molecular weight excluding hydrogens is 145 g/mol. The molecule has 2 rings (SSSR count). The maximum atomic E-state index is 2.24. The van der Waals surface area contributed by atoms with E-state index < -0.39 is 0 Å². The van der Waals surface area contributed by atoms with E-state index in [0.717, 1.165) is 0 Å². The predicted molar refractivity (Wildman–Crippen MR) is 55.4 cm³/mol. The number of aromatic nitrogens is 1. The third-order valence-electron chi connectivity index (χ3n) is 2.72. The molecule has 1 nitrogen and oxygen atoms in total. The summed E-state index contributed by atoms with van der Waals surface area (Å²) in [6.07, 6.45) is 0. The highest BCUT2D eigenvalue weighted by Gasteiger charge is 2.05. The monoisotopic (exact) mass is 157 g/mol. The van der Waals surface area contributed by atoms with Gasteiger partial charge in [0.05, 0.1) is 0 Å². The summed E-state index contributed by atoms with van der Waals surface area (Å²) in [5.74, 6) is 0. The standard InChI is InChI=1S/C10H12BN/c1-7-8(2)12(11)10-6-4-3-5-9(7)10/h3-6H,11H2,1-2H3. The minimum atomic E-state index is 1.33. The highest BCUT2D eigenvalue weighted by Crippen LogP contribution is 2.22. The van der Waals surface area contributed by atoms with Gasteiger partial charge in [-0.3, -0.25) is 0 Å². The topological polar surface area (TPSA) is 4.93 Å². The molecule has 2 heteroatoms. The van der Waals surface area contributed by atoms with Gasteiger partial charge < -0.3 is 4.48 Å². The molecule has 0 spiro atoms. The molecule has 0 atom stereocenters. The first-order valence-electron chi connectivity index (χ1n) is 4.22. The van der Waals surface area contributed by atoms with Gasteiger partial charge in [-0.2, -0.15) is 0 Å². The second-order valence-electron chi connectivity index (χ2n) is 3.29. The molecule has 0 aliphatic heterocycles. The van der Waals surface area contributed by atoms with Gasteiger partial charge >= 0.3 is 0 Å². The van der Waals surface area contributed by atoms with Crippen LogP contribution >= 0.6 is 0 Å². The van der Waals surface area contributed by atoms with Crippen LogP contribution in [0.15, 0.2) is 24.3 Å². The van der Waals surface area contributed by atoms with Crippen LogP contribution in [0.1, 0.15) is 11.3 Å². The highest BCUT2D eigenvalue weighted by molar-refractivity contribution is 6.12. The predicted octanol–water partition coefficient (Wildman–Crippen LogP) is 1.65. The lowest BCUT2D eigenvalue weighted by Crippen LogP contribution is -1.93. The number of nitrogens with zero attached hydrogens (tertiary/aromatic N) is 1. The zero-order valence-electron chi connectivity index (χ0n) is 7.76. The van der Waals surface area contributed by atoms with Crippen LogP contribution in [0.4, 0.5) is 0 Å². The summed E-state index contributed by atoms with van der Waals surface area (Å²) < 4.78 is 2.24. The maximum absolute atomic E-state index is 2.24. The second-order valence-corrected chi connectivity index (χ2v) is 3.29. The lowest BCUT2D eigenvalue weighted by atomic mass is 10.2. The van der Waals surface area contributed by atoms with E-state index >= 15 is 0 Å². The first kappa shape index (κ1) is 7.47. The fourth-order valence-electron chi connectivity index (χ4n) is 1.71. The third kappa shape index (κ3) is 0.810. The Labute approximate surface area is 73.4 Å². The van der Waals surface area contributed by atoms with E-state index in [9.17, 15) is 0 Å². The van der Waals surface area contributed by atoms with Crippen molar-refractivity contribution in [1.29, 1.82) is 0 Å². The maximum Gasteiger partial charge on any atom is 0.223 e. The number of hydrogen-bond donors (Lipinski definition) is 0. The van der Waals surface area contributed by atoms with E-state index in [4.69, 9.17) is 0 Å². The molecule has 12 heavy (non-hydrogen) atoms. The normalized spacial score (nSPS) is 10.8. The number of aryl methyl sites for hydroxylation is 1. The van der Waals surface area contributed by atoms with Crippen LogP contribution in [-0.2, 0) is 0 Å². The van der Waals surface area contributed by atoms with Crippen molar-refractivity contribution < 1.29 is 0 Å². The van der Waals surface area contributed by atoms with Gasteiger partial charge in [0.25, 0.3) is 0 Å². The zero-order valence-corrected chi connectivity index (χ0v) is 7.76. The van der Waals surface area contributed by atoms with Crippen LogP contribution in [0, 0.1) is 13.8 Å². The Bertz CT molecular complexity index is 390. The van der Waals surface area contributed by atoms with Crippen molar-refractivity contribution in [2.24, 2.45) is 0 Å². The fourth-order valence-corrected chi connectivity index (χ4v) is 1.71. The Morgan fingerprint density at radius 2 is 1.83 bits per heavy atom. The summed E-state index contributed by atoms with van der Waals surface area (Å²) in [4.78, 5) is 0. The summed E-state index contributed by atoms with van der Waals surface area (Å²) in [5.41, 5.74) is 4.08. The largest absolute Gasteiger partial charge is 0.397 e. The van der Waals surface area contributed by atoms with E-state index in [1.807, 2.05) is 0 Å². The summed E-state index contributed by atoms with van der Waals surface area (Å²) in [6, 6.07) is 8.52. The van der Waals surface area contributed by atoms with Gasteiger partial charge in [0.1, 0.15) is 0 Å². The Balaban J connectivity index is 2.99. The minimum absolute atomic E-state index is 1.33. The Hall–Kier alpha value is -1.18. The molecule has 0 saturated carbocycles. The lowest BCUT2D eigenvalue weighted by molar-refractivity contribution is 1.17. The molecule has 0 unspecified atom stereocenters. The van der Waals surface area contributed by atoms with Crippen LogP contribution < -0.4 is 0 Å². The third-order valence-corrected chi connectivity index (χ3v) is 2.72. The van der Waals surface area contributed by atoms with Gasteiger partial charge in [-0.25, -0.2) is 0 Å². The van der Waals surface area contributed by atoms with Crippen molar-refractivity contribution in [3.05, 3.63) is 35.5 Å². The smallest absolute Gasteiger partial charge is 0.223 e. The van der Waals surface area contributed by atoms with Gasteiger partial charge in [-0.15, -0.1) is 0 Å². The number of hydrogen-bond acceptors (Lipinski definition) is 0. The van der Waals surface area contributed by atoms with Gasteiger partial charge in [-0.1, -0.05) is 18.2 Å². The molecule has 0 radical (unpaired) electrons. The van der Waals surface area contributed by atoms with Crippen LogP contribution in [-0.4, -0.2) is 12.5 Å². The van der Waals surface area contributed by atoms with E-state index in [0.29, 0.717) is 0 Å². The van der Waals surface area contributed by atoms with E-state index in [-0.39, 0.29) is 0 Å². The summed E-state index contributed by atoms with van der Waals surface area (Å²) in [7, 11) is 2.12. The van der Waals surface area contributed by atoms with E-state index in [1.54, 1.807) is 0 Å². The Morgan fingerprint density at radius 3 is 2.50 bits per heavy atom. The quantitative estimate of drug-likeness (QED) is 0.512. The lowest BCUT2D eigenvalue weighted by Gasteiger charge is -1.97. The second kappa shape index (κ2) is 2.41. The minimum Gasteiger partial charge on any atom is -0.397 e. The molecule has 0 saturated heterocycles. The van der Waals surface area contributed by atoms with Crippen LogP contribution in [0.3, 0.4) is 0 Å². The highest BCUT2D eigenvalue weighted by atomic mass is 14.9. The SMILES string of the molecule is Bn1c(C)c(C)c2ccccc21. The van der Waals surface area contributed by atoms with E-state index in [2.05, 4.69) is 50.6 Å². The molecule has 0 aliphatic carbocycles. The number of rotatable bonds is 0. The molecule has 0 aliphatic rings. The van der Waals surface area contributed by atoms with Crippen molar-refractivity contribution in [2.75, 3.05) is 0 Å². The molecule has 2 aromatic rings. The van der Waals surface area contributed by atoms with Crippen molar-refractivity contribution >= 4 is 18.9 Å². The molecule has 0 fully saturated rings. The van der Waals surface area contributed by atoms with Gasteiger partial charge in [0.2, 0.25) is 7.98 Å². The molecular formula is C10H12BN. The number of benzene rings is 1. The first-order chi connectivity index (χ1) is 5.72. The molecule has 1 aromatic carbocycles. The zero-order chi connectivity index (χ0) is 8.72. The molecule has 0 bridgehead atoms. The van der Waals surface area contributed by atoms with Gasteiger partial charge in [-0.05, 0) is 25.5 Å². The molecule has 1 aromatic heterocycles. The van der Waals surface area contributed by atoms with Crippen LogP contribution in [0.5, 0.6) is 0 Å². The van der Waals surface area contributed by atoms with Crippen molar-refractivity contribution in [3.8, 4) is 0 Å². The first-order valence-corrected chi connectivity index (χ1v) is 4.22. The van der Waals surface area contributed by atoms with E-state index in [1.165, 1.54) is 22.2 Å². The van der Waals surface area contributed by atoms with Gasteiger partial charge in [0, 0.05) is 16.6 Å². The fraction of sp³-hybridized carbons (Fsp3) is 0.200. The summed E-state index contributed by atoms with van der Waals surface area (Å²) >= 11 is 0. The van der Waals surface area contributed by atoms with Crippen LogP contribution in [0.2, 0.25) is 0 Å². The Morgan fingerprint density at radius 1 is 1.17 bits per heavy atom. The molecule has 0 N–H and O–H groups in total. The molecule has 0 amide bonds. The molecule has 1 heterocycles.